The van der Waals surface area contributed by atoms with Gasteiger partial charge in [0.15, 0.2) is 0 Å². The van der Waals surface area contributed by atoms with Gasteiger partial charge in [-0.05, 0) is 43.3 Å². The Morgan fingerprint density at radius 3 is 1.93 bits per heavy atom. The van der Waals surface area contributed by atoms with Gasteiger partial charge in [-0.2, -0.15) is 26.3 Å². The first kappa shape index (κ1) is 28.3. The minimum atomic E-state index is -5.31. The Morgan fingerprint density at radius 2 is 1.38 bits per heavy atom. The van der Waals surface area contributed by atoms with Gasteiger partial charge in [-0.1, -0.05) is 36.4 Å². The van der Waals surface area contributed by atoms with E-state index < -0.39 is 69.6 Å². The highest BCUT2D eigenvalue weighted by atomic mass is 19.4. The van der Waals surface area contributed by atoms with Gasteiger partial charge in [-0.3, -0.25) is 9.59 Å². The van der Waals surface area contributed by atoms with Crippen molar-refractivity contribution < 1.29 is 55.0 Å². The maximum Gasteiger partial charge on any atom is 0.416 e. The van der Waals surface area contributed by atoms with Gasteiger partial charge in [0.05, 0.1) is 29.0 Å². The second-order valence-electron chi connectivity index (χ2n) is 8.41. The summed E-state index contributed by atoms with van der Waals surface area (Å²) < 4.78 is 91.9. The van der Waals surface area contributed by atoms with Gasteiger partial charge >= 0.3 is 29.9 Å². The zero-order valence-electron chi connectivity index (χ0n) is 20.3. The van der Waals surface area contributed by atoms with Crippen LogP contribution in [0, 0.1) is 0 Å². The van der Waals surface area contributed by atoms with Gasteiger partial charge in [-0.15, -0.1) is 0 Å². The van der Waals surface area contributed by atoms with Gasteiger partial charge in [-0.25, -0.2) is 14.5 Å². The summed E-state index contributed by atoms with van der Waals surface area (Å²) in [5.41, 5.74) is -9.02. The van der Waals surface area contributed by atoms with Crippen LogP contribution in [0.2, 0.25) is 0 Å². The van der Waals surface area contributed by atoms with E-state index in [1.165, 1.54) is 43.3 Å². The molecule has 1 heterocycles. The van der Waals surface area contributed by atoms with E-state index in [4.69, 9.17) is 9.47 Å². The number of ether oxygens (including phenoxy) is 2. The Morgan fingerprint density at radius 1 is 0.825 bits per heavy atom. The molecule has 13 heteroatoms. The normalized spacial score (nSPS) is 17.3. The highest BCUT2D eigenvalue weighted by Gasteiger charge is 2.61. The second-order valence-corrected chi connectivity index (χ2v) is 8.41. The SMILES string of the molecule is CCOC(=O)C1(OC(=O)c2ccccc2)C(=O)N(c2cc(C(F)(F)F)cc(C(F)(F)F)c2)C(=O)c2ccccc21. The number of carbonyl (C=O) groups is 4. The van der Waals surface area contributed by atoms with E-state index in [-0.39, 0.29) is 35.3 Å². The lowest BCUT2D eigenvalue weighted by Gasteiger charge is -2.39. The molecule has 3 aromatic rings. The first-order valence-electron chi connectivity index (χ1n) is 11.4. The highest BCUT2D eigenvalue weighted by molar-refractivity contribution is 6.32. The molecule has 1 atom stereocenters. The Hall–Kier alpha value is -4.68. The van der Waals surface area contributed by atoms with Crippen LogP contribution < -0.4 is 4.90 Å². The van der Waals surface area contributed by atoms with Crippen molar-refractivity contribution in [2.45, 2.75) is 24.9 Å². The van der Waals surface area contributed by atoms with Crippen LogP contribution in [0.3, 0.4) is 0 Å². The van der Waals surface area contributed by atoms with E-state index in [9.17, 15) is 45.5 Å². The van der Waals surface area contributed by atoms with Crippen LogP contribution in [0.25, 0.3) is 0 Å². The molecule has 7 nitrogen and oxygen atoms in total. The van der Waals surface area contributed by atoms with Crippen molar-refractivity contribution in [1.82, 2.24) is 0 Å². The summed E-state index contributed by atoms with van der Waals surface area (Å²) in [5.74, 6) is -5.88. The maximum absolute atomic E-state index is 14.0. The van der Waals surface area contributed by atoms with Crippen molar-refractivity contribution in [3.63, 3.8) is 0 Å². The fourth-order valence-electron chi connectivity index (χ4n) is 4.11. The quantitative estimate of drug-likeness (QED) is 0.175. The Kier molecular flexibility index (Phi) is 7.18. The fourth-order valence-corrected chi connectivity index (χ4v) is 4.11. The van der Waals surface area contributed by atoms with Gasteiger partial charge in [0.25, 0.3) is 11.8 Å². The number of fused-ring (bicyclic) bond motifs is 1. The third kappa shape index (κ3) is 4.90. The zero-order valence-corrected chi connectivity index (χ0v) is 20.3. The molecule has 0 N–H and O–H groups in total. The summed E-state index contributed by atoms with van der Waals surface area (Å²) in [4.78, 5) is 53.8. The number of alkyl halides is 6. The summed E-state index contributed by atoms with van der Waals surface area (Å²) in [6, 6.07) is 11.8. The average Bonchev–Trinajstić information content (AvgIpc) is 2.90. The minimum absolute atomic E-state index is 0.0536. The molecule has 2 amide bonds. The Labute approximate surface area is 221 Å². The number of rotatable bonds is 5. The molecular weight excluding hydrogens is 548 g/mol. The molecule has 0 spiro atoms. The van der Waals surface area contributed by atoms with Gasteiger partial charge in [0.2, 0.25) is 0 Å². The minimum Gasteiger partial charge on any atom is -0.462 e. The summed E-state index contributed by atoms with van der Waals surface area (Å²) >= 11 is 0. The van der Waals surface area contributed by atoms with Gasteiger partial charge in [0.1, 0.15) is 0 Å². The van der Waals surface area contributed by atoms with Crippen molar-refractivity contribution in [3.05, 3.63) is 101 Å². The molecule has 0 fully saturated rings. The van der Waals surface area contributed by atoms with Crippen molar-refractivity contribution in [2.24, 2.45) is 0 Å². The molecule has 0 saturated heterocycles. The molecule has 1 unspecified atom stereocenters. The second kappa shape index (κ2) is 10.1. The lowest BCUT2D eigenvalue weighted by atomic mass is 9.83. The standard InChI is InChI=1S/C27H17F6NO6/c1-2-39-24(38)25(40-22(36)15-8-4-3-5-9-15)20-11-7-6-10-19(20)21(35)34(23(25)37)18-13-16(26(28,29)30)12-17(14-18)27(31,32)33/h3-14H,2H2,1H3. The first-order chi connectivity index (χ1) is 18.7. The molecule has 1 aliphatic rings. The molecule has 0 aliphatic carbocycles. The summed E-state index contributed by atoms with van der Waals surface area (Å²) in [7, 11) is 0. The van der Waals surface area contributed by atoms with E-state index >= 15 is 0 Å². The number of hydrogen-bond acceptors (Lipinski definition) is 6. The van der Waals surface area contributed by atoms with E-state index in [1.54, 1.807) is 6.07 Å². The number of nitrogens with zero attached hydrogens (tertiary/aromatic N) is 1. The number of benzene rings is 3. The third-order valence-corrected chi connectivity index (χ3v) is 5.89. The Bertz CT molecular complexity index is 1470. The predicted octanol–water partition coefficient (Wildman–Crippen LogP) is 5.53. The summed E-state index contributed by atoms with van der Waals surface area (Å²) in [6.07, 6.45) is -10.6. The topological polar surface area (TPSA) is 90.0 Å². The van der Waals surface area contributed by atoms with Crippen molar-refractivity contribution >= 4 is 29.4 Å². The van der Waals surface area contributed by atoms with Gasteiger partial charge < -0.3 is 9.47 Å². The largest absolute Gasteiger partial charge is 0.462 e. The number of halogens is 6. The van der Waals surface area contributed by atoms with Crippen LogP contribution in [0.15, 0.2) is 72.8 Å². The molecule has 0 aromatic heterocycles. The number of hydrogen-bond donors (Lipinski definition) is 0. The van der Waals surface area contributed by atoms with E-state index in [1.807, 2.05) is 0 Å². The van der Waals surface area contributed by atoms with E-state index in [0.29, 0.717) is 0 Å². The average molecular weight is 565 g/mol. The molecule has 40 heavy (non-hydrogen) atoms. The monoisotopic (exact) mass is 565 g/mol. The van der Waals surface area contributed by atoms with Crippen LogP contribution in [0.1, 0.15) is 44.3 Å². The predicted molar refractivity (Wildman–Crippen MR) is 125 cm³/mol. The van der Waals surface area contributed by atoms with Crippen LogP contribution in [-0.2, 0) is 37.0 Å². The molecule has 4 rings (SSSR count). The van der Waals surface area contributed by atoms with Crippen LogP contribution in [0.5, 0.6) is 0 Å². The number of esters is 2. The number of carbonyl (C=O) groups excluding carboxylic acids is 4. The molecule has 0 saturated carbocycles. The smallest absolute Gasteiger partial charge is 0.416 e. The first-order valence-corrected chi connectivity index (χ1v) is 11.4. The summed E-state index contributed by atoms with van der Waals surface area (Å²) in [6.45, 7) is 0.976. The van der Waals surface area contributed by atoms with Gasteiger partial charge in [0, 0.05) is 11.1 Å². The van der Waals surface area contributed by atoms with Crippen molar-refractivity contribution in [3.8, 4) is 0 Å². The number of imide groups is 1. The number of anilines is 1. The molecule has 0 bridgehead atoms. The van der Waals surface area contributed by atoms with Crippen molar-refractivity contribution in [2.75, 3.05) is 11.5 Å². The van der Waals surface area contributed by atoms with E-state index in [0.717, 1.165) is 12.1 Å². The number of amides is 2. The summed E-state index contributed by atoms with van der Waals surface area (Å²) in [5, 5.41) is 0. The highest BCUT2D eigenvalue weighted by Crippen LogP contribution is 2.43. The molecule has 1 aliphatic heterocycles. The lowest BCUT2D eigenvalue weighted by Crippen LogP contribution is -2.61. The van der Waals surface area contributed by atoms with E-state index in [2.05, 4.69) is 0 Å². The Balaban J connectivity index is 2.01. The lowest BCUT2D eigenvalue weighted by molar-refractivity contribution is -0.172. The molecule has 0 radical (unpaired) electrons. The maximum atomic E-state index is 14.0. The molecular formula is C27H17F6NO6. The third-order valence-electron chi connectivity index (χ3n) is 5.89. The fraction of sp³-hybridized carbons (Fsp3) is 0.185. The van der Waals surface area contributed by atoms with Crippen molar-refractivity contribution in [1.29, 1.82) is 0 Å². The molecule has 208 valence electrons. The molecule has 3 aromatic carbocycles. The van der Waals surface area contributed by atoms with Crippen LogP contribution in [0.4, 0.5) is 32.0 Å². The van der Waals surface area contributed by atoms with Crippen LogP contribution in [-0.4, -0.2) is 30.4 Å². The van der Waals surface area contributed by atoms with Crippen LogP contribution >= 0.6 is 0 Å². The zero-order chi connectivity index (χ0) is 29.5.